The van der Waals surface area contributed by atoms with Gasteiger partial charge in [0.05, 0.1) is 6.61 Å². The van der Waals surface area contributed by atoms with Crippen molar-refractivity contribution in [2.75, 3.05) is 26.3 Å². The number of rotatable bonds is 10. The van der Waals surface area contributed by atoms with Crippen LogP contribution >= 0.6 is 0 Å². The Hall–Kier alpha value is -1.18. The predicted molar refractivity (Wildman–Crippen MR) is 83.0 cm³/mol. The molecule has 0 heterocycles. The van der Waals surface area contributed by atoms with Crippen molar-refractivity contribution < 1.29 is 24.9 Å². The number of amides is 2. The Morgan fingerprint density at radius 2 is 1.59 bits per heavy atom. The molecule has 0 rings (SSSR count). The minimum Gasteiger partial charge on any atom is -0.396 e. The highest BCUT2D eigenvalue weighted by Crippen LogP contribution is 2.19. The first-order valence-corrected chi connectivity index (χ1v) is 7.50. The van der Waals surface area contributed by atoms with Crippen LogP contribution in [0.25, 0.3) is 0 Å². The van der Waals surface area contributed by atoms with Gasteiger partial charge in [-0.25, -0.2) is 0 Å². The highest BCUT2D eigenvalue weighted by molar-refractivity contribution is 5.82. The third-order valence-electron chi connectivity index (χ3n) is 3.60. The highest BCUT2D eigenvalue weighted by atomic mass is 16.3. The van der Waals surface area contributed by atoms with E-state index < -0.39 is 17.4 Å². The summed E-state index contributed by atoms with van der Waals surface area (Å²) in [7, 11) is 0. The monoisotopic (exact) mass is 318 g/mol. The lowest BCUT2D eigenvalue weighted by atomic mass is 9.87. The van der Waals surface area contributed by atoms with E-state index in [0.29, 0.717) is 13.0 Å². The van der Waals surface area contributed by atoms with Gasteiger partial charge in [0.25, 0.3) is 0 Å². The molecule has 0 aromatic rings. The first-order valence-electron chi connectivity index (χ1n) is 7.50. The molecule has 0 saturated heterocycles. The maximum atomic E-state index is 11.7. The van der Waals surface area contributed by atoms with Gasteiger partial charge in [-0.15, -0.1) is 0 Å². The van der Waals surface area contributed by atoms with Gasteiger partial charge in [0, 0.05) is 31.5 Å². The zero-order chi connectivity index (χ0) is 17.4. The third-order valence-corrected chi connectivity index (χ3v) is 3.60. The molecule has 0 saturated carbocycles. The molecule has 5 N–H and O–H groups in total. The maximum absolute atomic E-state index is 11.7. The van der Waals surface area contributed by atoms with Gasteiger partial charge in [-0.1, -0.05) is 27.7 Å². The number of nitrogens with one attached hydrogen (secondary N) is 2. The van der Waals surface area contributed by atoms with Crippen LogP contribution in [0.15, 0.2) is 0 Å². The number of aliphatic hydroxyl groups excluding tert-OH is 3. The molecule has 130 valence electrons. The van der Waals surface area contributed by atoms with Crippen LogP contribution in [0.3, 0.4) is 0 Å². The van der Waals surface area contributed by atoms with E-state index in [1.165, 1.54) is 0 Å². The second-order valence-corrected chi connectivity index (χ2v) is 7.01. The van der Waals surface area contributed by atoms with E-state index in [9.17, 15) is 14.7 Å². The van der Waals surface area contributed by atoms with E-state index in [2.05, 4.69) is 10.6 Å². The molecule has 0 aromatic heterocycles. The lowest BCUT2D eigenvalue weighted by Crippen LogP contribution is -2.46. The smallest absolute Gasteiger partial charge is 0.249 e. The zero-order valence-corrected chi connectivity index (χ0v) is 14.0. The molecule has 0 spiro atoms. The zero-order valence-electron chi connectivity index (χ0n) is 14.0. The predicted octanol–water partition coefficient (Wildman–Crippen LogP) is -0.603. The lowest BCUT2D eigenvalue weighted by Gasteiger charge is -2.27. The van der Waals surface area contributed by atoms with Crippen LogP contribution in [-0.2, 0) is 9.59 Å². The van der Waals surface area contributed by atoms with Gasteiger partial charge in [-0.3, -0.25) is 9.59 Å². The van der Waals surface area contributed by atoms with Crippen LogP contribution in [0.2, 0.25) is 0 Å². The number of hydrogen-bond acceptors (Lipinski definition) is 5. The average molecular weight is 318 g/mol. The van der Waals surface area contributed by atoms with Crippen LogP contribution in [0, 0.1) is 10.8 Å². The van der Waals surface area contributed by atoms with Gasteiger partial charge in [-0.05, 0) is 11.8 Å². The molecule has 1 atom stereocenters. The molecule has 0 radical (unpaired) electrons. The molecule has 7 heteroatoms. The molecule has 22 heavy (non-hydrogen) atoms. The number of aliphatic hydroxyl groups is 3. The molecule has 0 aliphatic carbocycles. The largest absolute Gasteiger partial charge is 0.396 e. The van der Waals surface area contributed by atoms with Gasteiger partial charge in [0.1, 0.15) is 6.10 Å². The van der Waals surface area contributed by atoms with Crippen LogP contribution < -0.4 is 10.6 Å². The molecule has 7 nitrogen and oxygen atoms in total. The van der Waals surface area contributed by atoms with Crippen molar-refractivity contribution in [3.63, 3.8) is 0 Å². The van der Waals surface area contributed by atoms with Crippen molar-refractivity contribution in [3.05, 3.63) is 0 Å². The van der Waals surface area contributed by atoms with Crippen LogP contribution in [0.4, 0.5) is 0 Å². The van der Waals surface area contributed by atoms with E-state index >= 15 is 0 Å². The number of hydrogen-bond donors (Lipinski definition) is 5. The van der Waals surface area contributed by atoms with Gasteiger partial charge in [0.2, 0.25) is 11.8 Å². The Kier molecular flexibility index (Phi) is 8.58. The summed E-state index contributed by atoms with van der Waals surface area (Å²) in [6.07, 6.45) is -0.561. The Bertz CT molecular complexity index is 369. The van der Waals surface area contributed by atoms with E-state index in [-0.39, 0.29) is 37.5 Å². The molecule has 1 unspecified atom stereocenters. The van der Waals surface area contributed by atoms with Crippen LogP contribution in [-0.4, -0.2) is 59.5 Å². The van der Waals surface area contributed by atoms with Crippen molar-refractivity contribution in [3.8, 4) is 0 Å². The summed E-state index contributed by atoms with van der Waals surface area (Å²) in [5.74, 6) is -0.807. The van der Waals surface area contributed by atoms with Gasteiger partial charge in [-0.2, -0.15) is 0 Å². The molecule has 0 aromatic carbocycles. The Morgan fingerprint density at radius 1 is 1.00 bits per heavy atom. The summed E-state index contributed by atoms with van der Waals surface area (Å²) in [6.45, 7) is 7.28. The van der Waals surface area contributed by atoms with Crippen LogP contribution in [0.5, 0.6) is 0 Å². The van der Waals surface area contributed by atoms with Crippen LogP contribution in [0.1, 0.15) is 40.5 Å². The topological polar surface area (TPSA) is 119 Å². The fraction of sp³-hybridized carbons (Fsp3) is 0.867. The molecular weight excluding hydrogens is 288 g/mol. The minimum atomic E-state index is -1.33. The second kappa shape index (κ2) is 9.07. The van der Waals surface area contributed by atoms with E-state index in [1.54, 1.807) is 13.8 Å². The Morgan fingerprint density at radius 3 is 2.09 bits per heavy atom. The number of carbonyl (C=O) groups is 2. The molecule has 0 bridgehead atoms. The normalized spacial score (nSPS) is 13.6. The number of carbonyl (C=O) groups excluding carboxylic acids is 2. The molecular formula is C15H30N2O5. The van der Waals surface area contributed by atoms with Gasteiger partial charge >= 0.3 is 0 Å². The third kappa shape index (κ3) is 7.72. The maximum Gasteiger partial charge on any atom is 0.249 e. The van der Waals surface area contributed by atoms with E-state index in [4.69, 9.17) is 10.2 Å². The molecule has 0 aliphatic rings. The van der Waals surface area contributed by atoms with Crippen molar-refractivity contribution in [1.29, 1.82) is 0 Å². The van der Waals surface area contributed by atoms with Crippen molar-refractivity contribution in [2.24, 2.45) is 10.8 Å². The first kappa shape index (κ1) is 20.8. The second-order valence-electron chi connectivity index (χ2n) is 7.01. The minimum absolute atomic E-state index is 0.0530. The summed E-state index contributed by atoms with van der Waals surface area (Å²) in [5, 5.41) is 33.1. The van der Waals surface area contributed by atoms with Crippen molar-refractivity contribution in [1.82, 2.24) is 10.6 Å². The molecule has 0 fully saturated rings. The summed E-state index contributed by atoms with van der Waals surface area (Å²) >= 11 is 0. The van der Waals surface area contributed by atoms with Crippen molar-refractivity contribution >= 4 is 11.8 Å². The highest BCUT2D eigenvalue weighted by Gasteiger charge is 2.32. The quantitative estimate of drug-likeness (QED) is 0.368. The van der Waals surface area contributed by atoms with Crippen molar-refractivity contribution in [2.45, 2.75) is 46.6 Å². The lowest BCUT2D eigenvalue weighted by molar-refractivity contribution is -0.137. The molecule has 2 amide bonds. The van der Waals surface area contributed by atoms with Gasteiger partial charge in [0.15, 0.2) is 0 Å². The SMILES string of the molecule is CC(C)(CO)CCNC(=O)CCNC(=O)C(O)C(C)(C)CO. The average Bonchev–Trinajstić information content (AvgIpc) is 2.46. The summed E-state index contributed by atoms with van der Waals surface area (Å²) in [6, 6.07) is 0. The first-order chi connectivity index (χ1) is 10.1. The van der Waals surface area contributed by atoms with E-state index in [0.717, 1.165) is 0 Å². The Balaban J connectivity index is 3.96. The fourth-order valence-electron chi connectivity index (χ4n) is 1.55. The standard InChI is InChI=1S/C15H30N2O5/c1-14(2,9-18)6-8-16-11(20)5-7-17-13(22)12(21)15(3,4)10-19/h12,18-19,21H,5-10H2,1-4H3,(H,16,20)(H,17,22). The molecule has 0 aliphatic heterocycles. The van der Waals surface area contributed by atoms with E-state index in [1.807, 2.05) is 13.8 Å². The van der Waals surface area contributed by atoms with Gasteiger partial charge < -0.3 is 26.0 Å². The summed E-state index contributed by atoms with van der Waals surface area (Å²) in [5.41, 5.74) is -1.16. The summed E-state index contributed by atoms with van der Waals surface area (Å²) in [4.78, 5) is 23.3. The summed E-state index contributed by atoms with van der Waals surface area (Å²) < 4.78 is 0. The fourth-order valence-corrected chi connectivity index (χ4v) is 1.55. The Labute approximate surface area is 132 Å².